The molecule has 0 bridgehead atoms. The van der Waals surface area contributed by atoms with E-state index in [0.717, 1.165) is 11.6 Å². The third-order valence-electron chi connectivity index (χ3n) is 2.37. The van der Waals surface area contributed by atoms with Gasteiger partial charge < -0.3 is 9.84 Å². The van der Waals surface area contributed by atoms with Crippen LogP contribution in [0.15, 0.2) is 30.3 Å². The van der Waals surface area contributed by atoms with Crippen LogP contribution in [-0.4, -0.2) is 49.6 Å². The number of carboxylic acid groups (broad SMARTS) is 1. The molecule has 0 radical (unpaired) electrons. The lowest BCUT2D eigenvalue weighted by molar-refractivity contribution is -0.131. The fourth-order valence-electron chi connectivity index (χ4n) is 1.41. The molecule has 116 valence electrons. The van der Waals surface area contributed by atoms with Crippen LogP contribution >= 0.6 is 11.8 Å². The van der Waals surface area contributed by atoms with Crippen LogP contribution in [0.2, 0.25) is 0 Å². The molecule has 0 aromatic heterocycles. The maximum absolute atomic E-state index is 10.9. The molecular formula is C14H18O5S2. The smallest absolute Gasteiger partial charge is 0.328 e. The van der Waals surface area contributed by atoms with E-state index in [1.54, 1.807) is 24.3 Å². The van der Waals surface area contributed by atoms with Crippen LogP contribution in [-0.2, 0) is 14.6 Å². The Bertz CT molecular complexity index is 593. The normalized spacial score (nSPS) is 11.7. The predicted molar refractivity (Wildman–Crippen MR) is 85.6 cm³/mol. The highest BCUT2D eigenvalue weighted by atomic mass is 32.2. The lowest BCUT2D eigenvalue weighted by Crippen LogP contribution is -2.07. The zero-order valence-electron chi connectivity index (χ0n) is 11.7. The fraction of sp³-hybridized carbons (Fsp3) is 0.357. The molecule has 0 atom stereocenters. The van der Waals surface area contributed by atoms with Gasteiger partial charge >= 0.3 is 5.97 Å². The van der Waals surface area contributed by atoms with Gasteiger partial charge in [0.25, 0.3) is 0 Å². The molecule has 1 rings (SSSR count). The van der Waals surface area contributed by atoms with Gasteiger partial charge in [-0.2, -0.15) is 11.8 Å². The predicted octanol–water partition coefficient (Wildman–Crippen LogP) is 1.94. The van der Waals surface area contributed by atoms with E-state index in [4.69, 9.17) is 9.84 Å². The maximum Gasteiger partial charge on any atom is 0.328 e. The highest BCUT2D eigenvalue weighted by Gasteiger charge is 2.01. The number of sulfone groups is 1. The molecule has 21 heavy (non-hydrogen) atoms. The summed E-state index contributed by atoms with van der Waals surface area (Å²) in [7, 11) is -2.90. The molecule has 1 aromatic carbocycles. The van der Waals surface area contributed by atoms with Gasteiger partial charge in [0.15, 0.2) is 0 Å². The summed E-state index contributed by atoms with van der Waals surface area (Å²) in [5.41, 5.74) is 0.750. The Morgan fingerprint density at radius 3 is 2.81 bits per heavy atom. The molecule has 1 N–H and O–H groups in total. The highest BCUT2D eigenvalue weighted by molar-refractivity contribution is 8.00. The molecule has 0 unspecified atom stereocenters. The van der Waals surface area contributed by atoms with Crippen molar-refractivity contribution in [1.29, 1.82) is 0 Å². The minimum Gasteiger partial charge on any atom is -0.493 e. The SMILES string of the molecule is CS(=O)(=O)CCSCCOc1cccc(C=CC(=O)O)c1. The number of thioether (sulfide) groups is 1. The first-order valence-corrected chi connectivity index (χ1v) is 9.48. The number of hydrogen-bond acceptors (Lipinski definition) is 5. The molecular weight excluding hydrogens is 312 g/mol. The second kappa shape index (κ2) is 8.74. The van der Waals surface area contributed by atoms with E-state index in [2.05, 4.69) is 0 Å². The van der Waals surface area contributed by atoms with Crippen LogP contribution < -0.4 is 4.74 Å². The van der Waals surface area contributed by atoms with E-state index in [-0.39, 0.29) is 5.75 Å². The zero-order chi connectivity index (χ0) is 15.7. The minimum atomic E-state index is -2.90. The monoisotopic (exact) mass is 330 g/mol. The van der Waals surface area contributed by atoms with Crippen LogP contribution in [0.5, 0.6) is 5.75 Å². The quantitative estimate of drug-likeness (QED) is 0.550. The number of benzene rings is 1. The number of hydrogen-bond donors (Lipinski definition) is 1. The first kappa shape index (κ1) is 17.6. The van der Waals surface area contributed by atoms with E-state index >= 15 is 0 Å². The Kier molecular flexibility index (Phi) is 7.31. The fourth-order valence-corrected chi connectivity index (χ4v) is 3.49. The van der Waals surface area contributed by atoms with Gasteiger partial charge in [-0.05, 0) is 23.8 Å². The lowest BCUT2D eigenvalue weighted by Gasteiger charge is -2.06. The molecule has 0 saturated heterocycles. The molecule has 0 aliphatic heterocycles. The number of aliphatic carboxylic acids is 1. The van der Waals surface area contributed by atoms with Crippen molar-refractivity contribution in [3.8, 4) is 5.75 Å². The van der Waals surface area contributed by atoms with Crippen molar-refractivity contribution in [2.75, 3.05) is 30.1 Å². The minimum absolute atomic E-state index is 0.174. The molecule has 0 amide bonds. The van der Waals surface area contributed by atoms with Crippen LogP contribution in [0.1, 0.15) is 5.56 Å². The topological polar surface area (TPSA) is 80.7 Å². The van der Waals surface area contributed by atoms with Crippen LogP contribution in [0.25, 0.3) is 6.08 Å². The Morgan fingerprint density at radius 1 is 1.38 bits per heavy atom. The Morgan fingerprint density at radius 2 is 2.14 bits per heavy atom. The lowest BCUT2D eigenvalue weighted by atomic mass is 10.2. The first-order valence-electron chi connectivity index (χ1n) is 6.26. The van der Waals surface area contributed by atoms with E-state index in [0.29, 0.717) is 23.9 Å². The Hall–Kier alpha value is -1.47. The Balaban J connectivity index is 2.32. The molecule has 0 saturated carbocycles. The summed E-state index contributed by atoms with van der Waals surface area (Å²) >= 11 is 1.52. The highest BCUT2D eigenvalue weighted by Crippen LogP contribution is 2.15. The van der Waals surface area contributed by atoms with Gasteiger partial charge in [0.1, 0.15) is 15.6 Å². The molecule has 5 nitrogen and oxygen atoms in total. The molecule has 0 fully saturated rings. The van der Waals surface area contributed by atoms with Crippen molar-refractivity contribution < 1.29 is 23.1 Å². The van der Waals surface area contributed by atoms with Gasteiger partial charge in [-0.25, -0.2) is 13.2 Å². The van der Waals surface area contributed by atoms with Crippen molar-refractivity contribution in [1.82, 2.24) is 0 Å². The van der Waals surface area contributed by atoms with Gasteiger partial charge in [0.2, 0.25) is 0 Å². The van der Waals surface area contributed by atoms with Gasteiger partial charge in [0, 0.05) is 23.8 Å². The van der Waals surface area contributed by atoms with Crippen LogP contribution in [0, 0.1) is 0 Å². The van der Waals surface area contributed by atoms with Crippen molar-refractivity contribution in [3.63, 3.8) is 0 Å². The van der Waals surface area contributed by atoms with Gasteiger partial charge in [-0.3, -0.25) is 0 Å². The average Bonchev–Trinajstić information content (AvgIpc) is 2.40. The summed E-state index contributed by atoms with van der Waals surface area (Å²) in [4.78, 5) is 10.4. The van der Waals surface area contributed by atoms with E-state index in [1.807, 2.05) is 0 Å². The second-order valence-electron chi connectivity index (χ2n) is 4.33. The third-order valence-corrected chi connectivity index (χ3v) is 4.52. The van der Waals surface area contributed by atoms with E-state index in [9.17, 15) is 13.2 Å². The third kappa shape index (κ3) is 9.14. The van der Waals surface area contributed by atoms with Gasteiger partial charge in [0.05, 0.1) is 12.4 Å². The van der Waals surface area contributed by atoms with Gasteiger partial charge in [-0.15, -0.1) is 0 Å². The summed E-state index contributed by atoms with van der Waals surface area (Å²) in [5, 5.41) is 8.56. The van der Waals surface area contributed by atoms with E-state index in [1.165, 1.54) is 24.1 Å². The molecule has 0 aliphatic carbocycles. The first-order chi connectivity index (χ1) is 9.87. The summed E-state index contributed by atoms with van der Waals surface area (Å²) in [6.07, 6.45) is 3.79. The number of carbonyl (C=O) groups is 1. The number of carboxylic acids is 1. The summed E-state index contributed by atoms with van der Waals surface area (Å²) < 4.78 is 27.4. The van der Waals surface area contributed by atoms with Crippen LogP contribution in [0.3, 0.4) is 0 Å². The summed E-state index contributed by atoms with van der Waals surface area (Å²) in [6, 6.07) is 7.11. The largest absolute Gasteiger partial charge is 0.493 e. The van der Waals surface area contributed by atoms with Gasteiger partial charge in [-0.1, -0.05) is 12.1 Å². The summed E-state index contributed by atoms with van der Waals surface area (Å²) in [5.74, 6) is 1.09. The molecule has 0 aliphatic rings. The standard InChI is InChI=1S/C14H18O5S2/c1-21(17,18)10-9-20-8-7-19-13-4-2-3-12(11-13)5-6-14(15)16/h2-6,11H,7-10H2,1H3,(H,15,16). The zero-order valence-corrected chi connectivity index (χ0v) is 13.3. The van der Waals surface area contributed by atoms with E-state index < -0.39 is 15.8 Å². The molecule has 7 heteroatoms. The number of ether oxygens (including phenoxy) is 1. The van der Waals surface area contributed by atoms with Crippen LogP contribution in [0.4, 0.5) is 0 Å². The number of rotatable bonds is 9. The van der Waals surface area contributed by atoms with Crippen molar-refractivity contribution in [2.45, 2.75) is 0 Å². The maximum atomic E-state index is 10.9. The van der Waals surface area contributed by atoms with Crippen molar-refractivity contribution in [2.24, 2.45) is 0 Å². The average molecular weight is 330 g/mol. The van der Waals surface area contributed by atoms with Crippen molar-refractivity contribution >= 4 is 33.6 Å². The Labute approximate surface area is 128 Å². The summed E-state index contributed by atoms with van der Waals surface area (Å²) in [6.45, 7) is 0.473. The molecule has 1 aromatic rings. The van der Waals surface area contributed by atoms with Crippen molar-refractivity contribution in [3.05, 3.63) is 35.9 Å². The molecule has 0 spiro atoms. The second-order valence-corrected chi connectivity index (χ2v) is 7.82. The molecule has 0 heterocycles.